The highest BCUT2D eigenvalue weighted by atomic mass is 32.2. The molecule has 2 aliphatic rings. The third-order valence-corrected chi connectivity index (χ3v) is 5.60. The molecule has 3 atom stereocenters. The molecule has 92 valence electrons. The van der Waals surface area contributed by atoms with E-state index in [0.717, 1.165) is 12.3 Å². The Bertz CT molecular complexity index is 497. The molecule has 0 aliphatic heterocycles. The largest absolute Gasteiger partial charge is 0.240 e. The van der Waals surface area contributed by atoms with Crippen LogP contribution >= 0.6 is 0 Å². The SMILES string of the molecule is O=S(=O)(N[C@H]1C[C@@H]2CC[C@H]1C2)c1ccccc1. The average Bonchev–Trinajstić information content (AvgIpc) is 2.91. The van der Waals surface area contributed by atoms with Gasteiger partial charge >= 0.3 is 0 Å². The molecule has 4 heteroatoms. The lowest BCUT2D eigenvalue weighted by atomic mass is 9.96. The maximum absolute atomic E-state index is 12.2. The standard InChI is InChI=1S/C13H17NO2S/c15-17(16,12-4-2-1-3-5-12)14-13-9-10-6-7-11(13)8-10/h1-5,10-11,13-14H,6-9H2/t10-,11+,13+/m1/s1. The number of nitrogens with one attached hydrogen (secondary N) is 1. The van der Waals surface area contributed by atoms with Gasteiger partial charge in [-0.3, -0.25) is 0 Å². The zero-order valence-corrected chi connectivity index (χ0v) is 10.5. The Morgan fingerprint density at radius 3 is 2.41 bits per heavy atom. The fourth-order valence-corrected chi connectivity index (χ4v) is 4.59. The minimum Gasteiger partial charge on any atom is -0.208 e. The lowest BCUT2D eigenvalue weighted by Crippen LogP contribution is -2.38. The molecule has 0 aromatic heterocycles. The summed E-state index contributed by atoms with van der Waals surface area (Å²) in [6, 6.07) is 8.81. The lowest BCUT2D eigenvalue weighted by molar-refractivity contribution is 0.390. The van der Waals surface area contributed by atoms with E-state index < -0.39 is 10.0 Å². The summed E-state index contributed by atoms with van der Waals surface area (Å²) in [4.78, 5) is 0.378. The summed E-state index contributed by atoms with van der Waals surface area (Å²) in [6.45, 7) is 0. The Labute approximate surface area is 102 Å². The van der Waals surface area contributed by atoms with Crippen molar-refractivity contribution in [2.24, 2.45) is 11.8 Å². The molecule has 1 N–H and O–H groups in total. The first-order valence-electron chi connectivity index (χ1n) is 6.22. The minimum absolute atomic E-state index is 0.166. The fourth-order valence-electron chi connectivity index (χ4n) is 3.26. The molecule has 2 saturated carbocycles. The van der Waals surface area contributed by atoms with E-state index in [0.29, 0.717) is 10.8 Å². The van der Waals surface area contributed by atoms with Crippen LogP contribution in [0.25, 0.3) is 0 Å². The minimum atomic E-state index is -3.32. The van der Waals surface area contributed by atoms with Gasteiger partial charge in [0.2, 0.25) is 10.0 Å². The van der Waals surface area contributed by atoms with Gasteiger partial charge in [-0.25, -0.2) is 13.1 Å². The monoisotopic (exact) mass is 251 g/mol. The number of hydrogen-bond donors (Lipinski definition) is 1. The summed E-state index contributed by atoms with van der Waals surface area (Å²) >= 11 is 0. The molecule has 0 radical (unpaired) electrons. The molecule has 0 spiro atoms. The van der Waals surface area contributed by atoms with Crippen molar-refractivity contribution in [2.45, 2.75) is 36.6 Å². The zero-order chi connectivity index (χ0) is 11.9. The van der Waals surface area contributed by atoms with Gasteiger partial charge in [-0.05, 0) is 43.2 Å². The van der Waals surface area contributed by atoms with Crippen molar-refractivity contribution < 1.29 is 8.42 Å². The molecule has 0 amide bonds. The first kappa shape index (κ1) is 11.2. The van der Waals surface area contributed by atoms with Crippen molar-refractivity contribution in [2.75, 3.05) is 0 Å². The van der Waals surface area contributed by atoms with Crippen LogP contribution in [0.3, 0.4) is 0 Å². The van der Waals surface area contributed by atoms with Crippen LogP contribution in [0.4, 0.5) is 0 Å². The van der Waals surface area contributed by atoms with Gasteiger partial charge in [0.15, 0.2) is 0 Å². The highest BCUT2D eigenvalue weighted by molar-refractivity contribution is 7.89. The Balaban J connectivity index is 1.77. The van der Waals surface area contributed by atoms with Gasteiger partial charge in [-0.2, -0.15) is 0 Å². The molecule has 0 heterocycles. The third kappa shape index (κ3) is 2.11. The van der Waals surface area contributed by atoms with Crippen LogP contribution in [0, 0.1) is 11.8 Å². The molecule has 2 aliphatic carbocycles. The molecular weight excluding hydrogens is 234 g/mol. The number of rotatable bonds is 3. The number of sulfonamides is 1. The van der Waals surface area contributed by atoms with Crippen molar-refractivity contribution in [1.29, 1.82) is 0 Å². The van der Waals surface area contributed by atoms with Crippen LogP contribution in [-0.4, -0.2) is 14.5 Å². The van der Waals surface area contributed by atoms with Gasteiger partial charge in [0, 0.05) is 6.04 Å². The lowest BCUT2D eigenvalue weighted by Gasteiger charge is -2.22. The average molecular weight is 251 g/mol. The Kier molecular flexibility index (Phi) is 2.71. The Hall–Kier alpha value is -0.870. The summed E-state index contributed by atoms with van der Waals surface area (Å²) in [6.07, 6.45) is 4.71. The van der Waals surface area contributed by atoms with Gasteiger partial charge in [-0.1, -0.05) is 24.6 Å². The predicted molar refractivity (Wildman–Crippen MR) is 66.0 cm³/mol. The van der Waals surface area contributed by atoms with E-state index in [1.807, 2.05) is 6.07 Å². The molecule has 0 unspecified atom stereocenters. The molecular formula is C13H17NO2S. The van der Waals surface area contributed by atoms with Crippen molar-refractivity contribution in [3.05, 3.63) is 30.3 Å². The molecule has 0 saturated heterocycles. The maximum Gasteiger partial charge on any atom is 0.240 e. The van der Waals surface area contributed by atoms with E-state index in [1.165, 1.54) is 19.3 Å². The summed E-state index contributed by atoms with van der Waals surface area (Å²) < 4.78 is 27.2. The van der Waals surface area contributed by atoms with E-state index in [9.17, 15) is 8.42 Å². The first-order chi connectivity index (χ1) is 8.15. The smallest absolute Gasteiger partial charge is 0.208 e. The van der Waals surface area contributed by atoms with E-state index in [2.05, 4.69) is 4.72 Å². The van der Waals surface area contributed by atoms with Crippen LogP contribution in [-0.2, 0) is 10.0 Å². The van der Waals surface area contributed by atoms with Crippen molar-refractivity contribution in [3.8, 4) is 0 Å². The summed E-state index contributed by atoms with van der Waals surface area (Å²) in [5.74, 6) is 1.32. The van der Waals surface area contributed by atoms with E-state index in [-0.39, 0.29) is 6.04 Å². The van der Waals surface area contributed by atoms with Gasteiger partial charge in [0.1, 0.15) is 0 Å². The second-order valence-corrected chi connectivity index (χ2v) is 6.93. The number of benzene rings is 1. The normalized spacial score (nSPS) is 31.9. The summed E-state index contributed by atoms with van der Waals surface area (Å²) in [5.41, 5.74) is 0. The van der Waals surface area contributed by atoms with Crippen LogP contribution in [0.15, 0.2) is 35.2 Å². The highest BCUT2D eigenvalue weighted by Crippen LogP contribution is 2.44. The van der Waals surface area contributed by atoms with Crippen LogP contribution < -0.4 is 4.72 Å². The maximum atomic E-state index is 12.2. The quantitative estimate of drug-likeness (QED) is 0.894. The van der Waals surface area contributed by atoms with Crippen LogP contribution in [0.1, 0.15) is 25.7 Å². The van der Waals surface area contributed by atoms with Gasteiger partial charge in [0.05, 0.1) is 4.90 Å². The predicted octanol–water partition coefficient (Wildman–Crippen LogP) is 2.15. The second kappa shape index (κ2) is 4.10. The van der Waals surface area contributed by atoms with Crippen molar-refractivity contribution in [1.82, 2.24) is 4.72 Å². The molecule has 2 bridgehead atoms. The summed E-state index contributed by atoms with van der Waals surface area (Å²) in [7, 11) is -3.32. The van der Waals surface area contributed by atoms with Gasteiger partial charge in [0.25, 0.3) is 0 Å². The molecule has 1 aromatic carbocycles. The molecule has 2 fully saturated rings. The fraction of sp³-hybridized carbons (Fsp3) is 0.538. The molecule has 3 rings (SSSR count). The van der Waals surface area contributed by atoms with E-state index >= 15 is 0 Å². The first-order valence-corrected chi connectivity index (χ1v) is 7.71. The van der Waals surface area contributed by atoms with E-state index in [4.69, 9.17) is 0 Å². The van der Waals surface area contributed by atoms with Crippen molar-refractivity contribution in [3.63, 3.8) is 0 Å². The van der Waals surface area contributed by atoms with E-state index in [1.54, 1.807) is 24.3 Å². The Morgan fingerprint density at radius 2 is 1.82 bits per heavy atom. The number of fused-ring (bicyclic) bond motifs is 2. The molecule has 3 nitrogen and oxygen atoms in total. The van der Waals surface area contributed by atoms with Gasteiger partial charge < -0.3 is 0 Å². The Morgan fingerprint density at radius 1 is 1.06 bits per heavy atom. The molecule has 1 aromatic rings. The number of hydrogen-bond acceptors (Lipinski definition) is 2. The zero-order valence-electron chi connectivity index (χ0n) is 9.67. The topological polar surface area (TPSA) is 46.2 Å². The third-order valence-electron chi connectivity index (χ3n) is 4.10. The highest BCUT2D eigenvalue weighted by Gasteiger charge is 2.41. The molecule has 17 heavy (non-hydrogen) atoms. The second-order valence-electron chi connectivity index (χ2n) is 5.22. The van der Waals surface area contributed by atoms with Crippen LogP contribution in [0.5, 0.6) is 0 Å². The van der Waals surface area contributed by atoms with Gasteiger partial charge in [-0.15, -0.1) is 0 Å². The summed E-state index contributed by atoms with van der Waals surface area (Å²) in [5, 5.41) is 0. The van der Waals surface area contributed by atoms with Crippen molar-refractivity contribution >= 4 is 10.0 Å². The van der Waals surface area contributed by atoms with Crippen LogP contribution in [0.2, 0.25) is 0 Å².